The van der Waals surface area contributed by atoms with Crippen molar-refractivity contribution in [2.75, 3.05) is 18.4 Å². The molecule has 0 radical (unpaired) electrons. The summed E-state index contributed by atoms with van der Waals surface area (Å²) in [5.74, 6) is 0.579. The molecule has 1 N–H and O–H groups in total. The van der Waals surface area contributed by atoms with E-state index in [0.29, 0.717) is 23.2 Å². The van der Waals surface area contributed by atoms with Gasteiger partial charge < -0.3 is 10.1 Å². The fourth-order valence-corrected chi connectivity index (χ4v) is 3.91. The predicted molar refractivity (Wildman–Crippen MR) is 106 cm³/mol. The van der Waals surface area contributed by atoms with Gasteiger partial charge in [-0.1, -0.05) is 17.7 Å². The number of hydrogen-bond donors (Lipinski definition) is 1. The molecule has 3 rings (SSSR count). The predicted octanol–water partition coefficient (Wildman–Crippen LogP) is 4.40. The number of nitrogens with one attached hydrogen (secondary N) is 1. The molecule has 0 amide bonds. The summed E-state index contributed by atoms with van der Waals surface area (Å²) in [5, 5.41) is 12.3. The number of aromatic nitrogens is 2. The summed E-state index contributed by atoms with van der Waals surface area (Å²) >= 11 is 6.32. The molecule has 29 heavy (non-hydrogen) atoms. The van der Waals surface area contributed by atoms with Crippen molar-refractivity contribution in [1.29, 1.82) is 5.26 Å². The van der Waals surface area contributed by atoms with Crippen molar-refractivity contribution in [1.82, 2.24) is 14.9 Å². The largest absolute Gasteiger partial charge is 0.417 e. The smallest absolute Gasteiger partial charge is 0.388 e. The molecule has 3 heterocycles. The molecule has 0 saturated carbocycles. The van der Waals surface area contributed by atoms with E-state index in [1.54, 1.807) is 13.0 Å². The van der Waals surface area contributed by atoms with Gasteiger partial charge in [-0.2, -0.15) is 14.0 Å². The van der Waals surface area contributed by atoms with Crippen molar-refractivity contribution in [3.63, 3.8) is 0 Å². The van der Waals surface area contributed by atoms with Gasteiger partial charge in [-0.25, -0.2) is 9.97 Å². The van der Waals surface area contributed by atoms with Gasteiger partial charge in [0, 0.05) is 36.5 Å². The van der Waals surface area contributed by atoms with Crippen molar-refractivity contribution >= 4 is 17.4 Å². The van der Waals surface area contributed by atoms with E-state index < -0.39 is 6.61 Å². The Balaban J connectivity index is 1.85. The summed E-state index contributed by atoms with van der Waals surface area (Å²) in [6, 6.07) is 5.34. The van der Waals surface area contributed by atoms with E-state index in [9.17, 15) is 8.78 Å². The quantitative estimate of drug-likeness (QED) is 0.550. The Morgan fingerprint density at radius 1 is 1.31 bits per heavy atom. The molecule has 0 fully saturated rings. The maximum absolute atomic E-state index is 12.4. The fraction of sp³-hybridized carbons (Fsp3) is 0.450. The van der Waals surface area contributed by atoms with E-state index in [-0.39, 0.29) is 18.5 Å². The molecule has 0 saturated heterocycles. The molecule has 2 aromatic rings. The number of aryl methyl sites for hydroxylation is 1. The summed E-state index contributed by atoms with van der Waals surface area (Å²) in [6.07, 6.45) is 0.761. The van der Waals surface area contributed by atoms with Crippen LogP contribution in [0.2, 0.25) is 5.15 Å². The third-order valence-electron chi connectivity index (χ3n) is 5.28. The molecule has 1 atom stereocenters. The van der Waals surface area contributed by atoms with Crippen molar-refractivity contribution in [3.05, 3.63) is 45.2 Å². The van der Waals surface area contributed by atoms with Gasteiger partial charge in [0.15, 0.2) is 0 Å². The van der Waals surface area contributed by atoms with Gasteiger partial charge in [0.25, 0.3) is 0 Å². The van der Waals surface area contributed by atoms with Gasteiger partial charge >= 0.3 is 6.61 Å². The minimum Gasteiger partial charge on any atom is -0.417 e. The van der Waals surface area contributed by atoms with E-state index in [1.165, 1.54) is 6.07 Å². The average molecular weight is 422 g/mol. The lowest BCUT2D eigenvalue weighted by atomic mass is 9.94. The zero-order valence-electron chi connectivity index (χ0n) is 16.5. The van der Waals surface area contributed by atoms with Gasteiger partial charge in [-0.3, -0.25) is 4.90 Å². The number of ether oxygens (including phenoxy) is 1. The number of fused-ring (bicyclic) bond motifs is 1. The molecular formula is C20H22ClF2N5O. The molecule has 9 heteroatoms. The first-order valence-corrected chi connectivity index (χ1v) is 9.64. The Morgan fingerprint density at radius 2 is 2.07 bits per heavy atom. The summed E-state index contributed by atoms with van der Waals surface area (Å²) in [7, 11) is 0. The molecule has 0 aliphatic carbocycles. The Bertz CT molecular complexity index is 947. The number of hydrogen-bond acceptors (Lipinski definition) is 6. The van der Waals surface area contributed by atoms with E-state index in [4.69, 9.17) is 16.9 Å². The first-order valence-electron chi connectivity index (χ1n) is 9.26. The second-order valence-electron chi connectivity index (χ2n) is 6.94. The lowest BCUT2D eigenvalue weighted by molar-refractivity contribution is -0.0529. The van der Waals surface area contributed by atoms with Crippen LogP contribution in [0.15, 0.2) is 12.1 Å². The maximum Gasteiger partial charge on any atom is 0.388 e. The SMILES string of the molecule is Cc1nc(OC(F)F)ccc1C(C)N1CCc2c(NCC#N)nc(Cl)c(C)c2C1. The minimum atomic E-state index is -2.89. The Morgan fingerprint density at radius 3 is 2.72 bits per heavy atom. The highest BCUT2D eigenvalue weighted by Crippen LogP contribution is 2.35. The third-order valence-corrected chi connectivity index (χ3v) is 5.64. The number of alkyl halides is 2. The van der Waals surface area contributed by atoms with Crippen molar-refractivity contribution in [2.24, 2.45) is 0 Å². The van der Waals surface area contributed by atoms with E-state index >= 15 is 0 Å². The van der Waals surface area contributed by atoms with Crippen LogP contribution in [0.1, 0.15) is 40.9 Å². The molecule has 0 bridgehead atoms. The lowest BCUT2D eigenvalue weighted by Gasteiger charge is -2.36. The van der Waals surface area contributed by atoms with Crippen LogP contribution >= 0.6 is 11.6 Å². The first kappa shape index (κ1) is 21.2. The van der Waals surface area contributed by atoms with E-state index in [2.05, 4.69) is 37.9 Å². The van der Waals surface area contributed by atoms with Gasteiger partial charge in [-0.15, -0.1) is 0 Å². The van der Waals surface area contributed by atoms with E-state index in [1.807, 2.05) is 6.92 Å². The molecular weight excluding hydrogens is 400 g/mol. The standard InChI is InChI=1S/C20H22ClF2N5O/c1-11-16-10-28(9-6-15(16)19(25-8-7-24)27-18(11)21)13(3)14-4-5-17(26-12(14)2)29-20(22)23/h4-5,13,20H,6,8-10H2,1-3H3,(H,25,27). The second kappa shape index (κ2) is 8.89. The van der Waals surface area contributed by atoms with Crippen LogP contribution in [0, 0.1) is 25.2 Å². The van der Waals surface area contributed by atoms with Crippen molar-refractivity contribution in [2.45, 2.75) is 46.4 Å². The Labute approximate surface area is 173 Å². The summed E-state index contributed by atoms with van der Waals surface area (Å²) in [4.78, 5) is 10.8. The van der Waals surface area contributed by atoms with Gasteiger partial charge in [0.1, 0.15) is 17.5 Å². The molecule has 6 nitrogen and oxygen atoms in total. The molecule has 2 aromatic heterocycles. The number of halogens is 3. The van der Waals surface area contributed by atoms with Gasteiger partial charge in [0.05, 0.1) is 6.07 Å². The van der Waals surface area contributed by atoms with Crippen LogP contribution in [0.3, 0.4) is 0 Å². The van der Waals surface area contributed by atoms with E-state index in [0.717, 1.165) is 35.2 Å². The molecule has 1 aliphatic rings. The summed E-state index contributed by atoms with van der Waals surface area (Å²) in [5.41, 5.74) is 4.72. The van der Waals surface area contributed by atoms with Crippen molar-refractivity contribution < 1.29 is 13.5 Å². The zero-order chi connectivity index (χ0) is 21.1. The highest BCUT2D eigenvalue weighted by molar-refractivity contribution is 6.30. The number of nitrogens with zero attached hydrogens (tertiary/aromatic N) is 4. The van der Waals surface area contributed by atoms with Crippen LogP contribution in [-0.4, -0.2) is 34.6 Å². The molecule has 0 spiro atoms. The third kappa shape index (κ3) is 4.57. The second-order valence-corrected chi connectivity index (χ2v) is 7.30. The normalized spacial score (nSPS) is 15.0. The van der Waals surface area contributed by atoms with Crippen molar-refractivity contribution in [3.8, 4) is 11.9 Å². The molecule has 0 aromatic carbocycles. The number of rotatable bonds is 6. The average Bonchev–Trinajstić information content (AvgIpc) is 2.68. The minimum absolute atomic E-state index is 0.0260. The Hall–Kier alpha value is -2.50. The first-order chi connectivity index (χ1) is 13.8. The number of pyridine rings is 2. The fourth-order valence-electron chi connectivity index (χ4n) is 3.71. The molecule has 154 valence electrons. The Kier molecular flexibility index (Phi) is 6.50. The number of nitriles is 1. The highest BCUT2D eigenvalue weighted by atomic mass is 35.5. The summed E-state index contributed by atoms with van der Waals surface area (Å²) < 4.78 is 29.2. The van der Waals surface area contributed by atoms with Crippen LogP contribution < -0.4 is 10.1 Å². The molecule has 1 aliphatic heterocycles. The van der Waals surface area contributed by atoms with Crippen LogP contribution in [0.25, 0.3) is 0 Å². The summed E-state index contributed by atoms with van der Waals surface area (Å²) in [6.45, 7) is 4.52. The van der Waals surface area contributed by atoms with Gasteiger partial charge in [0.2, 0.25) is 5.88 Å². The van der Waals surface area contributed by atoms with Crippen LogP contribution in [0.4, 0.5) is 14.6 Å². The van der Waals surface area contributed by atoms with Crippen LogP contribution in [-0.2, 0) is 13.0 Å². The monoisotopic (exact) mass is 421 g/mol. The van der Waals surface area contributed by atoms with Gasteiger partial charge in [-0.05, 0) is 43.9 Å². The topological polar surface area (TPSA) is 74.1 Å². The number of anilines is 1. The highest BCUT2D eigenvalue weighted by Gasteiger charge is 2.27. The maximum atomic E-state index is 12.4. The molecule has 1 unspecified atom stereocenters. The zero-order valence-corrected chi connectivity index (χ0v) is 17.2. The van der Waals surface area contributed by atoms with Crippen LogP contribution in [0.5, 0.6) is 5.88 Å². The lowest BCUT2D eigenvalue weighted by Crippen LogP contribution is -2.34.